The fraction of sp³-hybridized carbons (Fsp3) is 0.864. The molecule has 12 nitrogen and oxygen atoms in total. The summed E-state index contributed by atoms with van der Waals surface area (Å²) in [5.74, 6) is -1.17. The van der Waals surface area contributed by atoms with E-state index in [-0.39, 0.29) is 12.2 Å². The van der Waals surface area contributed by atoms with E-state index in [0.29, 0.717) is 0 Å². The van der Waals surface area contributed by atoms with Gasteiger partial charge in [-0.15, -0.1) is 0 Å². The number of hydrogen-bond donors (Lipinski definition) is 1. The quantitative estimate of drug-likeness (QED) is 0.0532. The Morgan fingerprint density at radius 3 is 1.59 bits per heavy atom. The van der Waals surface area contributed by atoms with Crippen LogP contribution in [-0.2, 0) is 39.8 Å². The number of aliphatic hydroxyl groups excluding tert-OH is 1. The van der Waals surface area contributed by atoms with Gasteiger partial charge in [0, 0.05) is 19.4 Å². The first-order valence-electron chi connectivity index (χ1n) is 22.4. The Morgan fingerprint density at radius 1 is 0.679 bits per heavy atom. The lowest BCUT2D eigenvalue weighted by Crippen LogP contribution is -2.45. The summed E-state index contributed by atoms with van der Waals surface area (Å²) in [5.41, 5.74) is -1.46. The lowest BCUT2D eigenvalue weighted by molar-refractivity contribution is -0.162. The van der Waals surface area contributed by atoms with Crippen molar-refractivity contribution in [2.75, 3.05) is 20.3 Å². The van der Waals surface area contributed by atoms with Gasteiger partial charge in [-0.25, -0.2) is 14.2 Å². The minimum absolute atomic E-state index is 0.208. The molecular weight excluding hydrogens is 716 g/mol. The van der Waals surface area contributed by atoms with Gasteiger partial charge in [0.05, 0.1) is 6.61 Å². The average Bonchev–Trinajstić information content (AvgIpc) is 3.55. The smallest absolute Gasteiger partial charge is 0.333 e. The molecule has 1 aliphatic rings. The van der Waals surface area contributed by atoms with Crippen molar-refractivity contribution in [2.24, 2.45) is 0 Å². The Hall–Kier alpha value is -2.54. The summed E-state index contributed by atoms with van der Waals surface area (Å²) in [4.78, 5) is 53.4. The molecule has 6 atom stereocenters. The number of rotatable bonds is 34. The van der Waals surface area contributed by atoms with E-state index in [0.717, 1.165) is 118 Å². The fourth-order valence-electron chi connectivity index (χ4n) is 7.58. The molecule has 1 aliphatic heterocycles. The first kappa shape index (κ1) is 49.6. The number of carbonyl (C=O) groups excluding carboxylic acids is 2. The molecule has 0 radical (unpaired) electrons. The van der Waals surface area contributed by atoms with Crippen LogP contribution in [0.3, 0.4) is 0 Å². The fourth-order valence-corrected chi connectivity index (χ4v) is 7.58. The van der Waals surface area contributed by atoms with Crippen LogP contribution in [-0.4, -0.2) is 77.0 Å². The van der Waals surface area contributed by atoms with Gasteiger partial charge in [-0.1, -0.05) is 130 Å². The lowest BCUT2D eigenvalue weighted by atomic mass is 10.0. The van der Waals surface area contributed by atoms with Gasteiger partial charge in [0.2, 0.25) is 0 Å². The highest BCUT2D eigenvalue weighted by Gasteiger charge is 2.47. The van der Waals surface area contributed by atoms with Crippen molar-refractivity contribution in [3.05, 3.63) is 33.1 Å². The maximum absolute atomic E-state index is 13.9. The maximum Gasteiger partial charge on any atom is 0.333 e. The molecule has 1 aromatic heterocycles. The molecule has 1 fully saturated rings. The number of aromatic nitrogens is 2. The summed E-state index contributed by atoms with van der Waals surface area (Å²) >= 11 is 0. The van der Waals surface area contributed by atoms with Crippen molar-refractivity contribution < 1.29 is 38.4 Å². The first-order chi connectivity index (χ1) is 27.2. The molecule has 0 aromatic carbocycles. The Bertz CT molecular complexity index is 1300. The maximum atomic E-state index is 13.9. The standard InChI is InChI=1S/C44H78N2O10/c1-6-10-14-18-20-24-28-35(26-22-16-12-8-3)54-39(49)32-46-38(48)30-31-45(44(46)51)43-42(41(52-5)37(33-47)56-43)53-34-40(50)55-36(27-23-17-13-9-4)29-25-21-19-15-11-7-2/h30-31,35-37,41-43,47H,6-29,32-34H2,1-5H3/t35?,36?,37-,41-,42-,43-/m1/s1. The van der Waals surface area contributed by atoms with Gasteiger partial charge in [-0.3, -0.25) is 14.2 Å². The molecule has 0 amide bonds. The number of carbonyl (C=O) groups is 2. The van der Waals surface area contributed by atoms with Crippen LogP contribution in [0.2, 0.25) is 0 Å². The first-order valence-corrected chi connectivity index (χ1v) is 22.4. The number of methoxy groups -OCH3 is 1. The van der Waals surface area contributed by atoms with Crippen LogP contribution in [0.15, 0.2) is 21.9 Å². The van der Waals surface area contributed by atoms with Crippen LogP contribution in [0.25, 0.3) is 0 Å². The second kappa shape index (κ2) is 30.5. The Morgan fingerprint density at radius 2 is 1.12 bits per heavy atom. The van der Waals surface area contributed by atoms with Gasteiger partial charge in [-0.2, -0.15) is 0 Å². The van der Waals surface area contributed by atoms with Crippen LogP contribution in [0, 0.1) is 0 Å². The lowest BCUT2D eigenvalue weighted by Gasteiger charge is -2.25. The number of hydrogen-bond acceptors (Lipinski definition) is 10. The van der Waals surface area contributed by atoms with Crippen LogP contribution < -0.4 is 11.2 Å². The molecule has 0 bridgehead atoms. The van der Waals surface area contributed by atoms with E-state index < -0.39 is 67.5 Å². The van der Waals surface area contributed by atoms with Crippen molar-refractivity contribution >= 4 is 11.9 Å². The SMILES string of the molecule is CCCCCCCCC(CCCCCC)OC(=O)CO[C@@H]1[C@H](OC)[C@@H](CO)O[C@H]1n1ccc(=O)n(CC(=O)OC(CCCCCC)CCCCCCCC)c1=O. The highest BCUT2D eigenvalue weighted by atomic mass is 16.6. The third kappa shape index (κ3) is 18.8. The summed E-state index contributed by atoms with van der Waals surface area (Å²) in [6.07, 6.45) is 22.2. The summed E-state index contributed by atoms with van der Waals surface area (Å²) in [5, 5.41) is 10.1. The molecule has 56 heavy (non-hydrogen) atoms. The van der Waals surface area contributed by atoms with Crippen LogP contribution >= 0.6 is 0 Å². The van der Waals surface area contributed by atoms with E-state index in [1.54, 1.807) is 0 Å². The van der Waals surface area contributed by atoms with Gasteiger partial charge in [0.15, 0.2) is 6.23 Å². The van der Waals surface area contributed by atoms with E-state index in [2.05, 4.69) is 27.7 Å². The Labute approximate surface area is 337 Å². The zero-order valence-electron chi connectivity index (χ0n) is 35.7. The summed E-state index contributed by atoms with van der Waals surface area (Å²) in [6.45, 7) is 7.31. The predicted octanol–water partition coefficient (Wildman–Crippen LogP) is 8.57. The van der Waals surface area contributed by atoms with Crippen LogP contribution in [0.1, 0.15) is 188 Å². The van der Waals surface area contributed by atoms with Crippen LogP contribution in [0.4, 0.5) is 0 Å². The van der Waals surface area contributed by atoms with E-state index in [1.807, 2.05) is 0 Å². The minimum Gasteiger partial charge on any atom is -0.461 e. The number of unbranched alkanes of at least 4 members (excludes halogenated alkanes) is 16. The van der Waals surface area contributed by atoms with Gasteiger partial charge in [0.25, 0.3) is 5.56 Å². The second-order valence-corrected chi connectivity index (χ2v) is 15.7. The van der Waals surface area contributed by atoms with Gasteiger partial charge in [-0.05, 0) is 51.4 Å². The number of ether oxygens (including phenoxy) is 5. The zero-order chi connectivity index (χ0) is 41.0. The number of esters is 2. The highest BCUT2D eigenvalue weighted by molar-refractivity contribution is 5.71. The highest BCUT2D eigenvalue weighted by Crippen LogP contribution is 2.32. The third-order valence-electron chi connectivity index (χ3n) is 10.9. The molecule has 1 N–H and O–H groups in total. The zero-order valence-corrected chi connectivity index (χ0v) is 35.7. The largest absolute Gasteiger partial charge is 0.461 e. The minimum atomic E-state index is -1.16. The number of nitrogens with zero attached hydrogens (tertiary/aromatic N) is 2. The van der Waals surface area contributed by atoms with E-state index in [1.165, 1.54) is 64.3 Å². The van der Waals surface area contributed by atoms with Gasteiger partial charge in [0.1, 0.15) is 43.7 Å². The topological polar surface area (TPSA) is 145 Å². The van der Waals surface area contributed by atoms with E-state index in [9.17, 15) is 24.3 Å². The van der Waals surface area contributed by atoms with Crippen molar-refractivity contribution in [1.29, 1.82) is 0 Å². The van der Waals surface area contributed by atoms with Crippen molar-refractivity contribution in [2.45, 2.75) is 225 Å². The number of aliphatic hydroxyl groups is 1. The molecular formula is C44H78N2O10. The Balaban J connectivity index is 2.16. The average molecular weight is 795 g/mol. The molecule has 2 unspecified atom stereocenters. The summed E-state index contributed by atoms with van der Waals surface area (Å²) in [7, 11) is 1.43. The van der Waals surface area contributed by atoms with Crippen molar-refractivity contribution in [3.63, 3.8) is 0 Å². The molecule has 0 aliphatic carbocycles. The second-order valence-electron chi connectivity index (χ2n) is 15.7. The molecule has 2 heterocycles. The Kier molecular flexibility index (Phi) is 27.0. The molecule has 1 saturated heterocycles. The molecule has 12 heteroatoms. The van der Waals surface area contributed by atoms with E-state index >= 15 is 0 Å². The third-order valence-corrected chi connectivity index (χ3v) is 10.9. The van der Waals surface area contributed by atoms with Gasteiger partial charge >= 0.3 is 17.6 Å². The molecule has 0 saturated carbocycles. The molecule has 2 rings (SSSR count). The van der Waals surface area contributed by atoms with E-state index in [4.69, 9.17) is 23.7 Å². The molecule has 0 spiro atoms. The molecule has 1 aromatic rings. The molecule has 324 valence electrons. The summed E-state index contributed by atoms with van der Waals surface area (Å²) < 4.78 is 31.6. The monoisotopic (exact) mass is 795 g/mol. The predicted molar refractivity (Wildman–Crippen MR) is 220 cm³/mol. The van der Waals surface area contributed by atoms with Crippen molar-refractivity contribution in [1.82, 2.24) is 9.13 Å². The summed E-state index contributed by atoms with van der Waals surface area (Å²) in [6, 6.07) is 1.18. The van der Waals surface area contributed by atoms with Crippen LogP contribution in [0.5, 0.6) is 0 Å². The normalized spacial score (nSPS) is 19.2. The van der Waals surface area contributed by atoms with Gasteiger partial charge < -0.3 is 28.8 Å². The van der Waals surface area contributed by atoms with Crippen molar-refractivity contribution in [3.8, 4) is 0 Å².